The van der Waals surface area contributed by atoms with Crippen molar-refractivity contribution >= 4 is 5.91 Å². The number of nitrogens with zero attached hydrogens (tertiary/aromatic N) is 2. The van der Waals surface area contributed by atoms with Crippen LogP contribution in [0.1, 0.15) is 59.5 Å². The molecule has 2 rings (SSSR count). The molecule has 2 aromatic rings. The molecule has 0 saturated carbocycles. The molecular formula is C19H27N3O3. The van der Waals surface area contributed by atoms with Gasteiger partial charge >= 0.3 is 0 Å². The Bertz CT molecular complexity index is 722. The zero-order chi connectivity index (χ0) is 18.6. The Morgan fingerprint density at radius 3 is 2.44 bits per heavy atom. The topological polar surface area (TPSA) is 77.2 Å². The fourth-order valence-electron chi connectivity index (χ4n) is 2.73. The number of rotatable bonds is 6. The van der Waals surface area contributed by atoms with E-state index in [1.54, 1.807) is 0 Å². The molecule has 1 amide bonds. The highest BCUT2D eigenvalue weighted by molar-refractivity contribution is 5.90. The molecule has 1 aromatic heterocycles. The van der Waals surface area contributed by atoms with Gasteiger partial charge in [-0.15, -0.1) is 0 Å². The Morgan fingerprint density at radius 2 is 1.88 bits per heavy atom. The zero-order valence-electron chi connectivity index (χ0n) is 15.9. The van der Waals surface area contributed by atoms with Gasteiger partial charge in [-0.2, -0.15) is 4.98 Å². The molecule has 0 aliphatic rings. The normalized spacial score (nSPS) is 11.6. The van der Waals surface area contributed by atoms with Gasteiger partial charge in [0.1, 0.15) is 6.61 Å². The maximum absolute atomic E-state index is 12.1. The van der Waals surface area contributed by atoms with E-state index in [0.29, 0.717) is 6.54 Å². The molecule has 6 heteroatoms. The molecule has 0 aliphatic heterocycles. The summed E-state index contributed by atoms with van der Waals surface area (Å²) in [7, 11) is 1.53. The van der Waals surface area contributed by atoms with Gasteiger partial charge in [0.25, 0.3) is 17.6 Å². The molecule has 136 valence electrons. The maximum Gasteiger partial charge on any atom is 0.292 e. The third kappa shape index (κ3) is 4.89. The predicted molar refractivity (Wildman–Crippen MR) is 95.7 cm³/mol. The number of carbonyl (C=O) groups is 1. The summed E-state index contributed by atoms with van der Waals surface area (Å²) < 4.78 is 9.82. The lowest BCUT2D eigenvalue weighted by Gasteiger charge is -2.22. The molecule has 0 spiro atoms. The van der Waals surface area contributed by atoms with Crippen molar-refractivity contribution in [2.24, 2.45) is 0 Å². The van der Waals surface area contributed by atoms with Crippen molar-refractivity contribution in [1.82, 2.24) is 15.5 Å². The van der Waals surface area contributed by atoms with Gasteiger partial charge in [0, 0.05) is 13.7 Å². The molecular weight excluding hydrogens is 318 g/mol. The Labute approximate surface area is 149 Å². The van der Waals surface area contributed by atoms with Crippen LogP contribution < -0.4 is 5.32 Å². The van der Waals surface area contributed by atoms with Gasteiger partial charge in [-0.1, -0.05) is 38.1 Å². The Balaban J connectivity index is 1.98. The van der Waals surface area contributed by atoms with E-state index in [1.165, 1.54) is 29.4 Å². The SMILES string of the molecule is COCc1nc(C(=O)NCCc2c(C)cc(C(C)(C)C)cc2C)no1. The summed E-state index contributed by atoms with van der Waals surface area (Å²) in [6.45, 7) is 11.6. The number of aromatic nitrogens is 2. The van der Waals surface area contributed by atoms with Crippen LogP contribution in [0.25, 0.3) is 0 Å². The number of benzene rings is 1. The molecule has 1 heterocycles. The van der Waals surface area contributed by atoms with E-state index in [1.807, 2.05) is 0 Å². The number of amides is 1. The highest BCUT2D eigenvalue weighted by atomic mass is 16.5. The molecule has 0 bridgehead atoms. The van der Waals surface area contributed by atoms with Crippen LogP contribution in [0.3, 0.4) is 0 Å². The molecule has 6 nitrogen and oxygen atoms in total. The molecule has 25 heavy (non-hydrogen) atoms. The van der Waals surface area contributed by atoms with Crippen molar-refractivity contribution in [2.75, 3.05) is 13.7 Å². The molecule has 1 aromatic carbocycles. The number of carbonyl (C=O) groups excluding carboxylic acids is 1. The summed E-state index contributed by atoms with van der Waals surface area (Å²) in [6.07, 6.45) is 0.761. The second kappa shape index (κ2) is 7.78. The summed E-state index contributed by atoms with van der Waals surface area (Å²) in [5, 5.41) is 6.49. The van der Waals surface area contributed by atoms with E-state index < -0.39 is 0 Å². The van der Waals surface area contributed by atoms with Crippen LogP contribution in [-0.4, -0.2) is 29.7 Å². The Kier molecular flexibility index (Phi) is 5.95. The van der Waals surface area contributed by atoms with Crippen molar-refractivity contribution in [2.45, 2.75) is 53.1 Å². The van der Waals surface area contributed by atoms with Crippen molar-refractivity contribution in [1.29, 1.82) is 0 Å². The Morgan fingerprint density at radius 1 is 1.24 bits per heavy atom. The van der Waals surface area contributed by atoms with Crippen molar-refractivity contribution < 1.29 is 14.1 Å². The highest BCUT2D eigenvalue weighted by Crippen LogP contribution is 2.27. The lowest BCUT2D eigenvalue weighted by molar-refractivity contribution is 0.0940. The number of hydrogen-bond donors (Lipinski definition) is 1. The number of aryl methyl sites for hydroxylation is 2. The minimum atomic E-state index is -0.340. The molecule has 0 aliphatic carbocycles. The minimum Gasteiger partial charge on any atom is -0.375 e. The third-order valence-electron chi connectivity index (χ3n) is 4.16. The molecule has 0 saturated heterocycles. The average Bonchev–Trinajstić information content (AvgIpc) is 2.98. The van der Waals surface area contributed by atoms with E-state index >= 15 is 0 Å². The first-order valence-electron chi connectivity index (χ1n) is 8.42. The third-order valence-corrected chi connectivity index (χ3v) is 4.16. The van der Waals surface area contributed by atoms with E-state index in [4.69, 9.17) is 9.26 Å². The van der Waals surface area contributed by atoms with E-state index in [0.717, 1.165) is 6.42 Å². The van der Waals surface area contributed by atoms with Gasteiger partial charge in [-0.3, -0.25) is 4.79 Å². The first kappa shape index (κ1) is 19.1. The number of ether oxygens (including phenoxy) is 1. The summed E-state index contributed by atoms with van der Waals surface area (Å²) in [6, 6.07) is 4.47. The Hall–Kier alpha value is -2.21. The van der Waals surface area contributed by atoms with E-state index in [-0.39, 0.29) is 29.6 Å². The number of methoxy groups -OCH3 is 1. The van der Waals surface area contributed by atoms with Crippen LogP contribution in [-0.2, 0) is 23.2 Å². The maximum atomic E-state index is 12.1. The summed E-state index contributed by atoms with van der Waals surface area (Å²) in [5.74, 6) is -0.0200. The second-order valence-corrected chi connectivity index (χ2v) is 7.29. The zero-order valence-corrected chi connectivity index (χ0v) is 15.9. The quantitative estimate of drug-likeness (QED) is 0.870. The predicted octanol–water partition coefficient (Wildman–Crippen LogP) is 3.10. The van der Waals surface area contributed by atoms with Crippen molar-refractivity contribution in [3.63, 3.8) is 0 Å². The smallest absolute Gasteiger partial charge is 0.292 e. The minimum absolute atomic E-state index is 0.0311. The van der Waals surface area contributed by atoms with Gasteiger partial charge in [0.05, 0.1) is 0 Å². The van der Waals surface area contributed by atoms with Crippen LogP contribution >= 0.6 is 0 Å². The van der Waals surface area contributed by atoms with Crippen LogP contribution in [0.2, 0.25) is 0 Å². The van der Waals surface area contributed by atoms with Gasteiger partial charge in [-0.25, -0.2) is 0 Å². The van der Waals surface area contributed by atoms with Gasteiger partial charge in [0.2, 0.25) is 0 Å². The number of nitrogens with one attached hydrogen (secondary N) is 1. The first-order valence-corrected chi connectivity index (χ1v) is 8.42. The average molecular weight is 345 g/mol. The molecule has 1 N–H and O–H groups in total. The molecule has 0 unspecified atom stereocenters. The number of hydrogen-bond acceptors (Lipinski definition) is 5. The van der Waals surface area contributed by atoms with E-state index in [9.17, 15) is 4.79 Å². The fraction of sp³-hybridized carbons (Fsp3) is 0.526. The van der Waals surface area contributed by atoms with Crippen molar-refractivity contribution in [3.05, 3.63) is 46.1 Å². The fourth-order valence-corrected chi connectivity index (χ4v) is 2.73. The monoisotopic (exact) mass is 345 g/mol. The van der Waals surface area contributed by atoms with E-state index in [2.05, 4.69) is 62.2 Å². The molecule has 0 fully saturated rings. The van der Waals surface area contributed by atoms with Crippen LogP contribution in [0.15, 0.2) is 16.7 Å². The van der Waals surface area contributed by atoms with Crippen LogP contribution in [0.4, 0.5) is 0 Å². The first-order chi connectivity index (χ1) is 11.7. The standard InChI is InChI=1S/C19H27N3O3/c1-12-9-14(19(3,4)5)10-13(2)15(12)7-8-20-18(23)17-21-16(11-24-6)25-22-17/h9-10H,7-8,11H2,1-6H3,(H,20,23). The molecule has 0 atom stereocenters. The van der Waals surface area contributed by atoms with Crippen molar-refractivity contribution in [3.8, 4) is 0 Å². The largest absolute Gasteiger partial charge is 0.375 e. The van der Waals surface area contributed by atoms with Crippen LogP contribution in [0, 0.1) is 13.8 Å². The summed E-state index contributed by atoms with van der Waals surface area (Å²) >= 11 is 0. The lowest BCUT2D eigenvalue weighted by Crippen LogP contribution is -2.27. The van der Waals surface area contributed by atoms with Crippen LogP contribution in [0.5, 0.6) is 0 Å². The summed E-state index contributed by atoms with van der Waals surface area (Å²) in [4.78, 5) is 16.1. The van der Waals surface area contributed by atoms with Gasteiger partial charge in [-0.05, 0) is 47.9 Å². The molecule has 0 radical (unpaired) electrons. The van der Waals surface area contributed by atoms with Gasteiger partial charge in [0.15, 0.2) is 0 Å². The lowest BCUT2D eigenvalue weighted by atomic mass is 9.83. The summed E-state index contributed by atoms with van der Waals surface area (Å²) in [5.41, 5.74) is 5.22. The highest BCUT2D eigenvalue weighted by Gasteiger charge is 2.17. The second-order valence-electron chi connectivity index (χ2n) is 7.29. The van der Waals surface area contributed by atoms with Gasteiger partial charge < -0.3 is 14.6 Å².